The van der Waals surface area contributed by atoms with Crippen LogP contribution in [0.15, 0.2) is 60.9 Å². The minimum absolute atomic E-state index is 0.0934. The fourth-order valence-electron chi connectivity index (χ4n) is 3.50. The minimum Gasteiger partial charge on any atom is -0.391 e. The zero-order valence-corrected chi connectivity index (χ0v) is 16.2. The summed E-state index contributed by atoms with van der Waals surface area (Å²) in [5, 5.41) is 12.7. The number of carbonyl (C=O) groups excluding carboxylic acids is 1. The Balaban J connectivity index is 1.58. The first-order valence-electron chi connectivity index (χ1n) is 9.69. The maximum Gasteiger partial charge on any atom is 0.274 e. The zero-order valence-electron chi connectivity index (χ0n) is 16.2. The monoisotopic (exact) mass is 407 g/mol. The molecule has 1 aromatic carbocycles. The Hall–Kier alpha value is -3.36. The van der Waals surface area contributed by atoms with Crippen LogP contribution < -0.4 is 16.0 Å². The van der Waals surface area contributed by atoms with E-state index in [2.05, 4.69) is 15.3 Å². The van der Waals surface area contributed by atoms with Crippen LogP contribution in [0.5, 0.6) is 0 Å². The van der Waals surface area contributed by atoms with Gasteiger partial charge < -0.3 is 21.1 Å². The van der Waals surface area contributed by atoms with Crippen molar-refractivity contribution in [1.29, 1.82) is 0 Å². The topological polar surface area (TPSA) is 104 Å². The lowest BCUT2D eigenvalue weighted by Crippen LogP contribution is -2.51. The van der Waals surface area contributed by atoms with Crippen molar-refractivity contribution in [2.75, 3.05) is 23.3 Å². The van der Waals surface area contributed by atoms with Crippen LogP contribution in [0.3, 0.4) is 0 Å². The molecule has 7 nitrogen and oxygen atoms in total. The lowest BCUT2D eigenvalue weighted by Gasteiger charge is -2.36. The second-order valence-electron chi connectivity index (χ2n) is 7.21. The molecule has 3 heterocycles. The van der Waals surface area contributed by atoms with Crippen molar-refractivity contribution in [2.24, 2.45) is 5.73 Å². The molecule has 2 unspecified atom stereocenters. The Morgan fingerprint density at radius 3 is 2.77 bits per heavy atom. The second kappa shape index (κ2) is 8.56. The predicted molar refractivity (Wildman–Crippen MR) is 113 cm³/mol. The molecule has 1 saturated heterocycles. The molecule has 2 aromatic heterocycles. The lowest BCUT2D eigenvalue weighted by atomic mass is 10.0. The predicted octanol–water partition coefficient (Wildman–Crippen LogP) is 2.43. The van der Waals surface area contributed by atoms with E-state index in [1.54, 1.807) is 42.7 Å². The number of hydrogen-bond donors (Lipinski definition) is 3. The smallest absolute Gasteiger partial charge is 0.274 e. The molecule has 4 N–H and O–H groups in total. The standard InChI is InChI=1S/C22H22FN5O2/c23-15-6-7-17(26-21(15)14-4-2-1-3-5-14)22(30)27-18-12-25-10-8-19(18)28-11-9-20(29)16(24)13-28/h1-8,10,12,16,20,29H,9,11,13,24H2,(H,27,30). The van der Waals surface area contributed by atoms with Crippen molar-refractivity contribution < 1.29 is 14.3 Å². The van der Waals surface area contributed by atoms with Crippen LogP contribution in [0.1, 0.15) is 16.9 Å². The molecule has 0 radical (unpaired) electrons. The van der Waals surface area contributed by atoms with E-state index in [0.29, 0.717) is 30.8 Å². The van der Waals surface area contributed by atoms with E-state index in [-0.39, 0.29) is 17.4 Å². The van der Waals surface area contributed by atoms with Gasteiger partial charge in [-0.2, -0.15) is 0 Å². The van der Waals surface area contributed by atoms with Crippen molar-refractivity contribution in [3.05, 3.63) is 72.4 Å². The average molecular weight is 407 g/mol. The van der Waals surface area contributed by atoms with Gasteiger partial charge in [0.15, 0.2) is 0 Å². The Kier molecular flexibility index (Phi) is 5.69. The van der Waals surface area contributed by atoms with Crippen molar-refractivity contribution in [3.8, 4) is 11.3 Å². The number of carbonyl (C=O) groups is 1. The van der Waals surface area contributed by atoms with Crippen molar-refractivity contribution in [3.63, 3.8) is 0 Å². The van der Waals surface area contributed by atoms with Gasteiger partial charge in [0.1, 0.15) is 17.2 Å². The van der Waals surface area contributed by atoms with E-state index in [9.17, 15) is 14.3 Å². The van der Waals surface area contributed by atoms with Crippen LogP contribution in [-0.4, -0.2) is 46.2 Å². The molecule has 0 spiro atoms. The zero-order chi connectivity index (χ0) is 21.1. The maximum atomic E-state index is 14.3. The van der Waals surface area contributed by atoms with Crippen molar-refractivity contribution >= 4 is 17.3 Å². The first-order chi connectivity index (χ1) is 14.5. The number of nitrogens with one attached hydrogen (secondary N) is 1. The molecule has 8 heteroatoms. The summed E-state index contributed by atoms with van der Waals surface area (Å²) in [6.45, 7) is 1.07. The Morgan fingerprint density at radius 2 is 2.00 bits per heavy atom. The molecule has 1 fully saturated rings. The molecule has 2 atom stereocenters. The van der Waals surface area contributed by atoms with Gasteiger partial charge in [-0.05, 0) is 24.6 Å². The summed E-state index contributed by atoms with van der Waals surface area (Å²) in [6.07, 6.45) is 3.17. The van der Waals surface area contributed by atoms with Gasteiger partial charge in [0.2, 0.25) is 0 Å². The molecule has 4 rings (SSSR count). The summed E-state index contributed by atoms with van der Waals surface area (Å²) in [7, 11) is 0. The van der Waals surface area contributed by atoms with E-state index >= 15 is 0 Å². The lowest BCUT2D eigenvalue weighted by molar-refractivity contribution is 0.102. The molecular formula is C22H22FN5O2. The first kappa shape index (κ1) is 19.9. The first-order valence-corrected chi connectivity index (χ1v) is 9.69. The summed E-state index contributed by atoms with van der Waals surface area (Å²) in [4.78, 5) is 23.2. The summed E-state index contributed by atoms with van der Waals surface area (Å²) in [6, 6.07) is 12.9. The SMILES string of the molecule is NC1CN(c2ccncc2NC(=O)c2ccc(F)c(-c3ccccc3)n2)CCC1O. The van der Waals surface area contributed by atoms with Gasteiger partial charge in [0.25, 0.3) is 5.91 Å². The number of nitrogens with zero attached hydrogens (tertiary/aromatic N) is 3. The van der Waals surface area contributed by atoms with E-state index in [1.807, 2.05) is 11.0 Å². The van der Waals surface area contributed by atoms with Crippen LogP contribution in [0, 0.1) is 5.82 Å². The average Bonchev–Trinajstić information content (AvgIpc) is 2.77. The highest BCUT2D eigenvalue weighted by Gasteiger charge is 2.26. The van der Waals surface area contributed by atoms with Gasteiger partial charge in [0.05, 0.1) is 23.7 Å². The number of benzene rings is 1. The molecule has 0 bridgehead atoms. The third-order valence-electron chi connectivity index (χ3n) is 5.13. The number of pyridine rings is 2. The van der Waals surface area contributed by atoms with Gasteiger partial charge in [0, 0.05) is 30.9 Å². The fourth-order valence-corrected chi connectivity index (χ4v) is 3.50. The molecular weight excluding hydrogens is 385 g/mol. The number of halogens is 1. The number of piperidine rings is 1. The molecule has 1 amide bonds. The number of hydrogen-bond acceptors (Lipinski definition) is 6. The fraction of sp³-hybridized carbons (Fsp3) is 0.227. The molecule has 1 aliphatic rings. The molecule has 3 aromatic rings. The van der Waals surface area contributed by atoms with E-state index in [1.165, 1.54) is 12.1 Å². The number of amides is 1. The molecule has 154 valence electrons. The number of anilines is 2. The van der Waals surface area contributed by atoms with Crippen molar-refractivity contribution in [1.82, 2.24) is 9.97 Å². The van der Waals surface area contributed by atoms with Crippen LogP contribution in [-0.2, 0) is 0 Å². The highest BCUT2D eigenvalue weighted by atomic mass is 19.1. The van der Waals surface area contributed by atoms with Crippen LogP contribution in [0.25, 0.3) is 11.3 Å². The number of rotatable bonds is 4. The van der Waals surface area contributed by atoms with Crippen LogP contribution in [0.4, 0.5) is 15.8 Å². The molecule has 30 heavy (non-hydrogen) atoms. The largest absolute Gasteiger partial charge is 0.391 e. The molecule has 1 aliphatic heterocycles. The number of aromatic nitrogens is 2. The molecule has 0 aliphatic carbocycles. The number of aliphatic hydroxyl groups excluding tert-OH is 1. The van der Waals surface area contributed by atoms with Gasteiger partial charge >= 0.3 is 0 Å². The van der Waals surface area contributed by atoms with Crippen LogP contribution >= 0.6 is 0 Å². The van der Waals surface area contributed by atoms with Gasteiger partial charge in [-0.3, -0.25) is 9.78 Å². The Labute approximate surface area is 173 Å². The van der Waals surface area contributed by atoms with Crippen LogP contribution in [0.2, 0.25) is 0 Å². The summed E-state index contributed by atoms with van der Waals surface area (Å²) >= 11 is 0. The highest BCUT2D eigenvalue weighted by Crippen LogP contribution is 2.28. The summed E-state index contributed by atoms with van der Waals surface area (Å²) in [5.74, 6) is -0.969. The quantitative estimate of drug-likeness (QED) is 0.614. The molecule has 0 saturated carbocycles. The third-order valence-corrected chi connectivity index (χ3v) is 5.13. The minimum atomic E-state index is -0.541. The van der Waals surface area contributed by atoms with E-state index in [4.69, 9.17) is 5.73 Å². The van der Waals surface area contributed by atoms with Gasteiger partial charge in [-0.25, -0.2) is 9.37 Å². The highest BCUT2D eigenvalue weighted by molar-refractivity contribution is 6.04. The van der Waals surface area contributed by atoms with E-state index < -0.39 is 17.8 Å². The summed E-state index contributed by atoms with van der Waals surface area (Å²) in [5.41, 5.74) is 8.05. The van der Waals surface area contributed by atoms with E-state index in [0.717, 1.165) is 5.69 Å². The Bertz CT molecular complexity index is 1050. The summed E-state index contributed by atoms with van der Waals surface area (Å²) < 4.78 is 14.3. The number of nitrogens with two attached hydrogens (primary N) is 1. The second-order valence-corrected chi connectivity index (χ2v) is 7.21. The number of aliphatic hydroxyl groups is 1. The van der Waals surface area contributed by atoms with Crippen molar-refractivity contribution in [2.45, 2.75) is 18.6 Å². The third kappa shape index (κ3) is 4.14. The Morgan fingerprint density at radius 1 is 1.20 bits per heavy atom. The van der Waals surface area contributed by atoms with Gasteiger partial charge in [-0.15, -0.1) is 0 Å². The van der Waals surface area contributed by atoms with Gasteiger partial charge in [-0.1, -0.05) is 30.3 Å². The normalized spacial score (nSPS) is 18.8. The maximum absolute atomic E-state index is 14.3.